The molecule has 1 aromatic carbocycles. The topological polar surface area (TPSA) is 49.3 Å². The number of aliphatic carboxylic acids is 1. The molecule has 0 saturated heterocycles. The van der Waals surface area contributed by atoms with Gasteiger partial charge in [0, 0.05) is 25.5 Å². The summed E-state index contributed by atoms with van der Waals surface area (Å²) in [4.78, 5) is 13.2. The molecule has 2 rings (SSSR count). The predicted molar refractivity (Wildman–Crippen MR) is 86.7 cm³/mol. The summed E-state index contributed by atoms with van der Waals surface area (Å²) >= 11 is 13.2. The molecule has 0 amide bonds. The normalized spacial score (nSPS) is 11.6. The molecular formula is C13H12Cl2NNaO2S. The van der Waals surface area contributed by atoms with E-state index in [0.29, 0.717) is 15.7 Å². The van der Waals surface area contributed by atoms with Crippen molar-refractivity contribution in [1.29, 1.82) is 0 Å². The first-order valence-corrected chi connectivity index (χ1v) is 7.05. The van der Waals surface area contributed by atoms with Gasteiger partial charge in [0.1, 0.15) is 0 Å². The van der Waals surface area contributed by atoms with Gasteiger partial charge in [-0.1, -0.05) is 23.2 Å². The van der Waals surface area contributed by atoms with Crippen LogP contribution in [0.4, 0.5) is 5.69 Å². The third kappa shape index (κ3) is 4.65. The molecule has 3 nitrogen and oxygen atoms in total. The molecule has 1 unspecified atom stereocenters. The summed E-state index contributed by atoms with van der Waals surface area (Å²) in [6.45, 7) is 1.93. The summed E-state index contributed by atoms with van der Waals surface area (Å²) in [7, 11) is 0. The Bertz CT molecular complexity index is 598. The first kappa shape index (κ1) is 17.8. The summed E-state index contributed by atoms with van der Waals surface area (Å²) in [6, 6.07) is 7.77. The Kier molecular flexibility index (Phi) is 6.85. The van der Waals surface area contributed by atoms with Crippen molar-refractivity contribution in [1.82, 2.24) is 0 Å². The Morgan fingerprint density at radius 1 is 1.25 bits per heavy atom. The zero-order chi connectivity index (χ0) is 14.0. The van der Waals surface area contributed by atoms with Gasteiger partial charge in [0.25, 0.3) is 0 Å². The summed E-state index contributed by atoms with van der Waals surface area (Å²) in [5.41, 5.74) is 0.580. The van der Waals surface area contributed by atoms with Crippen molar-refractivity contribution in [2.45, 2.75) is 13.0 Å². The van der Waals surface area contributed by atoms with Crippen molar-refractivity contribution in [2.24, 2.45) is 0 Å². The number of hydrogen-bond acceptors (Lipinski definition) is 3. The van der Waals surface area contributed by atoms with Crippen molar-refractivity contribution in [2.75, 3.05) is 5.32 Å². The summed E-state index contributed by atoms with van der Waals surface area (Å²) in [6.07, 6.45) is 0. The van der Waals surface area contributed by atoms with E-state index < -0.39 is 12.0 Å². The predicted octanol–water partition coefficient (Wildman–Crippen LogP) is 3.95. The van der Waals surface area contributed by atoms with E-state index in [1.165, 1.54) is 11.3 Å². The van der Waals surface area contributed by atoms with Crippen LogP contribution < -0.4 is 5.32 Å². The number of anilines is 1. The maximum atomic E-state index is 11.4. The zero-order valence-electron chi connectivity index (χ0n) is 9.98. The van der Waals surface area contributed by atoms with Gasteiger partial charge in [-0.3, -0.25) is 0 Å². The van der Waals surface area contributed by atoms with E-state index in [4.69, 9.17) is 23.2 Å². The Hall–Kier alpha value is -0.230. The van der Waals surface area contributed by atoms with Gasteiger partial charge < -0.3 is 10.4 Å². The number of carboxylic acid groups (broad SMARTS) is 1. The van der Waals surface area contributed by atoms with Crippen molar-refractivity contribution in [3.05, 3.63) is 50.1 Å². The van der Waals surface area contributed by atoms with Gasteiger partial charge in [-0.2, -0.15) is 0 Å². The number of thiophene rings is 1. The molecule has 7 heteroatoms. The average Bonchev–Trinajstić information content (AvgIpc) is 2.70. The third-order valence-corrected chi connectivity index (χ3v) is 3.97. The molecule has 0 spiro atoms. The van der Waals surface area contributed by atoms with E-state index in [1.807, 2.05) is 13.0 Å². The van der Waals surface area contributed by atoms with E-state index in [0.717, 1.165) is 9.75 Å². The number of rotatable bonds is 4. The fraction of sp³-hybridized carbons (Fsp3) is 0.154. The van der Waals surface area contributed by atoms with Crippen molar-refractivity contribution >= 4 is 75.8 Å². The molecule has 1 aromatic heterocycles. The molecule has 102 valence electrons. The molecule has 2 aromatic rings. The summed E-state index contributed by atoms with van der Waals surface area (Å²) in [5.74, 6) is -0.946. The van der Waals surface area contributed by atoms with Gasteiger partial charge in [0.15, 0.2) is 6.04 Å². The van der Waals surface area contributed by atoms with Gasteiger partial charge in [0.2, 0.25) is 0 Å². The molecule has 0 aliphatic heterocycles. The fourth-order valence-corrected chi connectivity index (χ4v) is 3.11. The molecule has 0 radical (unpaired) electrons. The number of benzene rings is 1. The Morgan fingerprint density at radius 3 is 2.30 bits per heavy atom. The number of halogens is 2. The van der Waals surface area contributed by atoms with Gasteiger partial charge in [0.05, 0.1) is 0 Å². The van der Waals surface area contributed by atoms with Crippen molar-refractivity contribution < 1.29 is 9.90 Å². The minimum atomic E-state index is -0.946. The van der Waals surface area contributed by atoms with Crippen LogP contribution in [0.25, 0.3) is 0 Å². The van der Waals surface area contributed by atoms with Crippen LogP contribution in [-0.4, -0.2) is 40.6 Å². The monoisotopic (exact) mass is 339 g/mol. The molecule has 20 heavy (non-hydrogen) atoms. The molecule has 1 atom stereocenters. The Balaban J connectivity index is 0.00000200. The van der Waals surface area contributed by atoms with E-state index in [2.05, 4.69) is 5.32 Å². The molecule has 0 saturated carbocycles. The Morgan fingerprint density at radius 2 is 1.85 bits per heavy atom. The summed E-state index contributed by atoms with van der Waals surface area (Å²) < 4.78 is 0. The second-order valence-electron chi connectivity index (χ2n) is 4.02. The first-order valence-electron chi connectivity index (χ1n) is 5.47. The quantitative estimate of drug-likeness (QED) is 0.829. The second kappa shape index (κ2) is 7.69. The first-order chi connectivity index (χ1) is 8.95. The minimum absolute atomic E-state index is 0. The number of aryl methyl sites for hydroxylation is 1. The van der Waals surface area contributed by atoms with Crippen molar-refractivity contribution in [3.8, 4) is 0 Å². The van der Waals surface area contributed by atoms with Crippen LogP contribution in [0.5, 0.6) is 0 Å². The Labute approximate surface area is 153 Å². The van der Waals surface area contributed by atoms with E-state index in [1.54, 1.807) is 24.3 Å². The summed E-state index contributed by atoms with van der Waals surface area (Å²) in [5, 5.41) is 13.2. The molecule has 1 heterocycles. The molecule has 2 N–H and O–H groups in total. The SMILES string of the molecule is Cc1ccc(C(Nc2cc(Cl)cc(Cl)c2)C(=O)O)s1.[NaH]. The average molecular weight is 340 g/mol. The number of carboxylic acids is 1. The van der Waals surface area contributed by atoms with Gasteiger partial charge in [-0.05, 0) is 37.3 Å². The van der Waals surface area contributed by atoms with E-state index >= 15 is 0 Å². The number of hydrogen-bond donors (Lipinski definition) is 2. The third-order valence-electron chi connectivity index (χ3n) is 2.47. The van der Waals surface area contributed by atoms with E-state index in [-0.39, 0.29) is 29.6 Å². The van der Waals surface area contributed by atoms with Crippen LogP contribution in [0.1, 0.15) is 15.8 Å². The number of nitrogens with one attached hydrogen (secondary N) is 1. The van der Waals surface area contributed by atoms with Crippen LogP contribution in [0.15, 0.2) is 30.3 Å². The van der Waals surface area contributed by atoms with Crippen molar-refractivity contribution in [3.63, 3.8) is 0 Å². The van der Waals surface area contributed by atoms with Crippen LogP contribution in [0.2, 0.25) is 10.0 Å². The van der Waals surface area contributed by atoms with Crippen LogP contribution in [0.3, 0.4) is 0 Å². The van der Waals surface area contributed by atoms with Gasteiger partial charge in [-0.25, -0.2) is 4.79 Å². The molecule has 0 fully saturated rings. The molecule has 0 bridgehead atoms. The number of carbonyl (C=O) groups is 1. The van der Waals surface area contributed by atoms with Gasteiger partial charge >= 0.3 is 35.5 Å². The van der Waals surface area contributed by atoms with E-state index in [9.17, 15) is 9.90 Å². The molecule has 0 aliphatic carbocycles. The standard InChI is InChI=1S/C13H11Cl2NO2S.Na.H/c1-7-2-3-11(19-7)12(13(17)18)16-10-5-8(14)4-9(15)6-10;;/h2-6,12,16H,1H3,(H,17,18);;. The molecular weight excluding hydrogens is 328 g/mol. The second-order valence-corrected chi connectivity index (χ2v) is 6.21. The molecule has 0 aliphatic rings. The van der Waals surface area contributed by atoms with Crippen LogP contribution in [-0.2, 0) is 4.79 Å². The zero-order valence-corrected chi connectivity index (χ0v) is 12.3. The van der Waals surface area contributed by atoms with Crippen LogP contribution in [0, 0.1) is 6.92 Å². The van der Waals surface area contributed by atoms with Crippen LogP contribution >= 0.6 is 34.5 Å². The maximum absolute atomic E-state index is 11.4. The fourth-order valence-electron chi connectivity index (χ4n) is 1.67. The van der Waals surface area contributed by atoms with Gasteiger partial charge in [-0.15, -0.1) is 11.3 Å².